The second-order valence-corrected chi connectivity index (χ2v) is 7.05. The van der Waals surface area contributed by atoms with Crippen molar-refractivity contribution in [2.24, 2.45) is 11.7 Å². The van der Waals surface area contributed by atoms with Crippen LogP contribution < -0.4 is 11.1 Å². The zero-order chi connectivity index (χ0) is 15.1. The number of nitrogens with one attached hydrogen (secondary N) is 1. The molecule has 0 rings (SSSR count). The van der Waals surface area contributed by atoms with E-state index in [1.165, 1.54) is 10.6 Å². The van der Waals surface area contributed by atoms with E-state index < -0.39 is 10.0 Å². The van der Waals surface area contributed by atoms with Crippen LogP contribution in [0, 0.1) is 5.92 Å². The van der Waals surface area contributed by atoms with Gasteiger partial charge in [0.05, 0.1) is 6.26 Å². The highest BCUT2D eigenvalue weighted by Crippen LogP contribution is 2.02. The predicted octanol–water partition coefficient (Wildman–Crippen LogP) is 0.148. The highest BCUT2D eigenvalue weighted by molar-refractivity contribution is 7.88. The van der Waals surface area contributed by atoms with Gasteiger partial charge >= 0.3 is 0 Å². The minimum Gasteiger partial charge on any atom is -0.356 e. The van der Waals surface area contributed by atoms with Crippen molar-refractivity contribution in [1.29, 1.82) is 0 Å². The van der Waals surface area contributed by atoms with Crippen LogP contribution in [-0.4, -0.2) is 50.6 Å². The smallest absolute Gasteiger partial charge is 0.221 e. The Bertz CT molecular complexity index is 368. The highest BCUT2D eigenvalue weighted by atomic mass is 32.2. The number of nitrogens with zero attached hydrogens (tertiary/aromatic N) is 1. The van der Waals surface area contributed by atoms with Crippen molar-refractivity contribution in [3.8, 4) is 0 Å². The maximum atomic E-state index is 11.5. The van der Waals surface area contributed by atoms with E-state index in [1.54, 1.807) is 6.92 Å². The summed E-state index contributed by atoms with van der Waals surface area (Å²) in [6.07, 6.45) is 2.10. The maximum absolute atomic E-state index is 11.5. The number of nitrogens with two attached hydrogens (primary N) is 1. The predicted molar refractivity (Wildman–Crippen MR) is 77.1 cm³/mol. The third-order valence-electron chi connectivity index (χ3n) is 3.01. The second kappa shape index (κ2) is 8.50. The molecule has 0 fully saturated rings. The molecule has 0 radical (unpaired) electrons. The molecule has 0 bridgehead atoms. The first-order chi connectivity index (χ1) is 8.68. The van der Waals surface area contributed by atoms with E-state index in [4.69, 9.17) is 5.73 Å². The molecule has 0 aromatic heterocycles. The SMILES string of the molecule is CCN(CCCNC(=O)CC(N)C(C)C)S(C)(=O)=O. The minimum atomic E-state index is -3.15. The molecule has 7 heteroatoms. The van der Waals surface area contributed by atoms with Gasteiger partial charge in [0.1, 0.15) is 0 Å². The van der Waals surface area contributed by atoms with Crippen molar-refractivity contribution in [2.75, 3.05) is 25.9 Å². The summed E-state index contributed by atoms with van der Waals surface area (Å²) in [6, 6.07) is -0.136. The molecular weight excluding hydrogens is 266 g/mol. The molecule has 0 saturated heterocycles. The summed E-state index contributed by atoms with van der Waals surface area (Å²) in [6.45, 7) is 7.08. The standard InChI is InChI=1S/C12H27N3O3S/c1-5-15(19(4,17)18)8-6-7-14-12(16)9-11(13)10(2)3/h10-11H,5-9,13H2,1-4H3,(H,14,16). The molecule has 0 aromatic carbocycles. The van der Waals surface area contributed by atoms with Gasteiger partial charge in [-0.05, 0) is 12.3 Å². The molecular formula is C12H27N3O3S. The number of rotatable bonds is 9. The molecule has 1 unspecified atom stereocenters. The monoisotopic (exact) mass is 293 g/mol. The molecule has 1 amide bonds. The van der Waals surface area contributed by atoms with Gasteiger partial charge in [0.15, 0.2) is 0 Å². The lowest BCUT2D eigenvalue weighted by Crippen LogP contribution is -2.36. The van der Waals surface area contributed by atoms with E-state index in [-0.39, 0.29) is 17.9 Å². The van der Waals surface area contributed by atoms with Gasteiger partial charge in [-0.1, -0.05) is 20.8 Å². The summed E-state index contributed by atoms with van der Waals surface area (Å²) < 4.78 is 24.1. The highest BCUT2D eigenvalue weighted by Gasteiger charge is 2.14. The van der Waals surface area contributed by atoms with Crippen LogP contribution in [0.4, 0.5) is 0 Å². The number of carbonyl (C=O) groups is 1. The number of hydrogen-bond donors (Lipinski definition) is 2. The molecule has 0 aliphatic rings. The second-order valence-electron chi connectivity index (χ2n) is 5.07. The quantitative estimate of drug-likeness (QED) is 0.592. The lowest BCUT2D eigenvalue weighted by atomic mass is 10.0. The molecule has 3 N–H and O–H groups in total. The topological polar surface area (TPSA) is 92.5 Å². The van der Waals surface area contributed by atoms with Crippen molar-refractivity contribution >= 4 is 15.9 Å². The van der Waals surface area contributed by atoms with Gasteiger partial charge in [0.25, 0.3) is 0 Å². The van der Waals surface area contributed by atoms with Crippen molar-refractivity contribution in [1.82, 2.24) is 9.62 Å². The average molecular weight is 293 g/mol. The Morgan fingerprint density at radius 3 is 2.37 bits per heavy atom. The summed E-state index contributed by atoms with van der Waals surface area (Å²) in [5, 5.41) is 2.76. The molecule has 114 valence electrons. The van der Waals surface area contributed by atoms with Crippen molar-refractivity contribution in [2.45, 2.75) is 39.7 Å². The van der Waals surface area contributed by atoms with Gasteiger partial charge in [-0.2, -0.15) is 0 Å². The third-order valence-corrected chi connectivity index (χ3v) is 4.38. The van der Waals surface area contributed by atoms with Crippen LogP contribution in [-0.2, 0) is 14.8 Å². The number of carbonyl (C=O) groups excluding carboxylic acids is 1. The maximum Gasteiger partial charge on any atom is 0.221 e. The lowest BCUT2D eigenvalue weighted by molar-refractivity contribution is -0.121. The molecule has 0 aliphatic heterocycles. The summed E-state index contributed by atoms with van der Waals surface area (Å²) >= 11 is 0. The Morgan fingerprint density at radius 1 is 1.37 bits per heavy atom. The van der Waals surface area contributed by atoms with Crippen LogP contribution in [0.3, 0.4) is 0 Å². The van der Waals surface area contributed by atoms with Crippen molar-refractivity contribution in [3.05, 3.63) is 0 Å². The van der Waals surface area contributed by atoms with Crippen molar-refractivity contribution in [3.63, 3.8) is 0 Å². The van der Waals surface area contributed by atoms with Gasteiger partial charge in [-0.15, -0.1) is 0 Å². The molecule has 0 spiro atoms. The van der Waals surface area contributed by atoms with E-state index in [0.29, 0.717) is 32.5 Å². The van der Waals surface area contributed by atoms with E-state index in [0.717, 1.165) is 0 Å². The first-order valence-electron chi connectivity index (χ1n) is 6.65. The van der Waals surface area contributed by atoms with Crippen LogP contribution in [0.15, 0.2) is 0 Å². The molecule has 0 saturated carbocycles. The van der Waals surface area contributed by atoms with Crippen LogP contribution in [0.25, 0.3) is 0 Å². The fourth-order valence-corrected chi connectivity index (χ4v) is 2.49. The van der Waals surface area contributed by atoms with E-state index in [9.17, 15) is 13.2 Å². The normalized spacial score (nSPS) is 13.8. The number of hydrogen-bond acceptors (Lipinski definition) is 4. The molecule has 6 nitrogen and oxygen atoms in total. The third kappa shape index (κ3) is 8.18. The van der Waals surface area contributed by atoms with Gasteiger partial charge in [-0.25, -0.2) is 12.7 Å². The minimum absolute atomic E-state index is 0.0800. The zero-order valence-corrected chi connectivity index (χ0v) is 13.2. The van der Waals surface area contributed by atoms with E-state index in [2.05, 4.69) is 5.32 Å². The molecule has 1 atom stereocenters. The molecule has 0 aliphatic carbocycles. The summed E-state index contributed by atoms with van der Waals surface area (Å²) in [4.78, 5) is 11.5. The van der Waals surface area contributed by atoms with Gasteiger partial charge < -0.3 is 11.1 Å². The Morgan fingerprint density at radius 2 is 1.95 bits per heavy atom. The Labute approximate surface area is 116 Å². The van der Waals surface area contributed by atoms with E-state index >= 15 is 0 Å². The summed E-state index contributed by atoms with van der Waals surface area (Å²) in [7, 11) is -3.15. The number of amides is 1. The van der Waals surface area contributed by atoms with Crippen LogP contribution in [0.1, 0.15) is 33.6 Å². The first kappa shape index (κ1) is 18.3. The van der Waals surface area contributed by atoms with Crippen molar-refractivity contribution < 1.29 is 13.2 Å². The first-order valence-corrected chi connectivity index (χ1v) is 8.50. The van der Waals surface area contributed by atoms with Gasteiger partial charge in [-0.3, -0.25) is 4.79 Å². The number of sulfonamides is 1. The molecule has 0 aromatic rings. The molecule has 19 heavy (non-hydrogen) atoms. The van der Waals surface area contributed by atoms with Crippen LogP contribution >= 0.6 is 0 Å². The Hall–Kier alpha value is -0.660. The Balaban J connectivity index is 3.89. The van der Waals surface area contributed by atoms with Crippen LogP contribution in [0.2, 0.25) is 0 Å². The average Bonchev–Trinajstić information content (AvgIpc) is 2.26. The molecule has 0 heterocycles. The fourth-order valence-electron chi connectivity index (χ4n) is 1.56. The fraction of sp³-hybridized carbons (Fsp3) is 0.917. The summed E-state index contributed by atoms with van der Waals surface area (Å²) in [5.74, 6) is 0.190. The van der Waals surface area contributed by atoms with Crippen LogP contribution in [0.5, 0.6) is 0 Å². The zero-order valence-electron chi connectivity index (χ0n) is 12.3. The van der Waals surface area contributed by atoms with Gasteiger partial charge in [0, 0.05) is 32.1 Å². The van der Waals surface area contributed by atoms with E-state index in [1.807, 2.05) is 13.8 Å². The van der Waals surface area contributed by atoms with Gasteiger partial charge in [0.2, 0.25) is 15.9 Å². The Kier molecular flexibility index (Phi) is 8.20. The summed E-state index contributed by atoms with van der Waals surface area (Å²) in [5.41, 5.74) is 5.80. The lowest BCUT2D eigenvalue weighted by Gasteiger charge is -2.18. The largest absolute Gasteiger partial charge is 0.356 e.